The number of amides is 2. The number of benzene rings is 3. The summed E-state index contributed by atoms with van der Waals surface area (Å²) in [5, 5.41) is 6.28. The van der Waals surface area contributed by atoms with Crippen molar-refractivity contribution in [1.29, 1.82) is 0 Å². The highest BCUT2D eigenvalue weighted by Crippen LogP contribution is 2.32. The van der Waals surface area contributed by atoms with Crippen LogP contribution in [0, 0.1) is 6.92 Å². The van der Waals surface area contributed by atoms with Crippen molar-refractivity contribution < 1.29 is 23.5 Å². The standard InChI is InChI=1S/C30H27N3O5/c1-18-26-23(31-32-28(34)21-14-8-11-19-10-4-5-12-20(19)21)15-9-17-25(26)38-27(18)29(35)33(2)24-16-7-6-13-22(24)30(36)37-3/h4-8,10-14,16H,9,15,17H2,1-3H3,(H,32,34)/b31-23+. The lowest BCUT2D eigenvalue weighted by Crippen LogP contribution is -2.28. The number of carbonyl (C=O) groups excluding carboxylic acids is 3. The van der Waals surface area contributed by atoms with E-state index < -0.39 is 11.9 Å². The average molecular weight is 510 g/mol. The fraction of sp³-hybridized carbons (Fsp3) is 0.200. The Morgan fingerprint density at radius 3 is 2.47 bits per heavy atom. The van der Waals surface area contributed by atoms with Gasteiger partial charge in [-0.15, -0.1) is 0 Å². The third kappa shape index (κ3) is 4.45. The molecule has 2 amide bonds. The molecule has 1 aromatic heterocycles. The minimum Gasteiger partial charge on any atom is -0.465 e. The van der Waals surface area contributed by atoms with Gasteiger partial charge in [-0.3, -0.25) is 9.59 Å². The first-order valence-electron chi connectivity index (χ1n) is 12.3. The molecule has 0 radical (unpaired) electrons. The number of fused-ring (bicyclic) bond motifs is 2. The molecule has 0 unspecified atom stereocenters. The molecule has 0 saturated carbocycles. The van der Waals surface area contributed by atoms with E-state index in [4.69, 9.17) is 9.15 Å². The first kappa shape index (κ1) is 25.0. The van der Waals surface area contributed by atoms with Gasteiger partial charge in [-0.25, -0.2) is 10.2 Å². The van der Waals surface area contributed by atoms with Crippen LogP contribution < -0.4 is 10.3 Å². The lowest BCUT2D eigenvalue weighted by molar-refractivity contribution is 0.0601. The number of esters is 1. The molecule has 8 nitrogen and oxygen atoms in total. The van der Waals surface area contributed by atoms with Gasteiger partial charge >= 0.3 is 5.97 Å². The molecular formula is C30H27N3O5. The van der Waals surface area contributed by atoms with Gasteiger partial charge in [-0.05, 0) is 48.7 Å². The highest BCUT2D eigenvalue weighted by atomic mass is 16.5. The number of ether oxygens (including phenoxy) is 1. The lowest BCUT2D eigenvalue weighted by atomic mass is 9.93. The number of anilines is 1. The molecule has 1 aliphatic carbocycles. The maximum Gasteiger partial charge on any atom is 0.339 e. The SMILES string of the molecule is COC(=O)c1ccccc1N(C)C(=O)c1oc2c(c1C)/C(=N/NC(=O)c1cccc3ccccc13)CCC2. The first-order valence-corrected chi connectivity index (χ1v) is 12.3. The van der Waals surface area contributed by atoms with Crippen LogP contribution in [0.5, 0.6) is 0 Å². The highest BCUT2D eigenvalue weighted by Gasteiger charge is 2.31. The van der Waals surface area contributed by atoms with Crippen LogP contribution in [0.1, 0.15) is 61.0 Å². The van der Waals surface area contributed by atoms with Crippen molar-refractivity contribution in [2.45, 2.75) is 26.2 Å². The van der Waals surface area contributed by atoms with Crippen molar-refractivity contribution in [3.05, 3.63) is 101 Å². The van der Waals surface area contributed by atoms with Crippen LogP contribution in [0.2, 0.25) is 0 Å². The highest BCUT2D eigenvalue weighted by molar-refractivity contribution is 6.12. The molecule has 0 aliphatic heterocycles. The summed E-state index contributed by atoms with van der Waals surface area (Å²) >= 11 is 0. The van der Waals surface area contributed by atoms with Crippen LogP contribution in [-0.2, 0) is 11.2 Å². The van der Waals surface area contributed by atoms with E-state index in [1.807, 2.05) is 43.3 Å². The smallest absolute Gasteiger partial charge is 0.339 e. The average Bonchev–Trinajstić information content (AvgIpc) is 3.31. The van der Waals surface area contributed by atoms with Gasteiger partial charge in [0.2, 0.25) is 0 Å². The van der Waals surface area contributed by atoms with Gasteiger partial charge in [0, 0.05) is 30.2 Å². The summed E-state index contributed by atoms with van der Waals surface area (Å²) in [7, 11) is 2.88. The van der Waals surface area contributed by atoms with E-state index in [2.05, 4.69) is 10.5 Å². The summed E-state index contributed by atoms with van der Waals surface area (Å²) in [5.74, 6) is -0.408. The van der Waals surface area contributed by atoms with Gasteiger partial charge in [0.15, 0.2) is 5.76 Å². The molecule has 0 bridgehead atoms. The lowest BCUT2D eigenvalue weighted by Gasteiger charge is -2.19. The Morgan fingerprint density at radius 2 is 1.66 bits per heavy atom. The maximum absolute atomic E-state index is 13.5. The number of hydrazone groups is 1. The van der Waals surface area contributed by atoms with Gasteiger partial charge in [0.05, 0.1) is 24.1 Å². The van der Waals surface area contributed by atoms with Crippen LogP contribution in [0.3, 0.4) is 0 Å². The van der Waals surface area contributed by atoms with Crippen molar-refractivity contribution >= 4 is 40.0 Å². The first-order chi connectivity index (χ1) is 18.4. The molecule has 0 atom stereocenters. The quantitative estimate of drug-likeness (QED) is 0.292. The van der Waals surface area contributed by atoms with Crippen LogP contribution in [0.25, 0.3) is 10.8 Å². The predicted molar refractivity (Wildman–Crippen MR) is 145 cm³/mol. The van der Waals surface area contributed by atoms with E-state index in [9.17, 15) is 14.4 Å². The van der Waals surface area contributed by atoms with Gasteiger partial charge in [-0.1, -0.05) is 48.5 Å². The van der Waals surface area contributed by atoms with Crippen molar-refractivity contribution in [3.63, 3.8) is 0 Å². The minimum atomic E-state index is -0.535. The molecule has 3 aromatic carbocycles. The number of aryl methyl sites for hydroxylation is 1. The van der Waals surface area contributed by atoms with Crippen LogP contribution in [0.15, 0.2) is 76.2 Å². The maximum atomic E-state index is 13.5. The number of carbonyl (C=O) groups is 3. The zero-order valence-corrected chi connectivity index (χ0v) is 21.4. The van der Waals surface area contributed by atoms with Crippen molar-refractivity contribution in [2.24, 2.45) is 5.10 Å². The summed E-state index contributed by atoms with van der Waals surface area (Å²) in [4.78, 5) is 40.1. The Bertz CT molecular complexity index is 1600. The summed E-state index contributed by atoms with van der Waals surface area (Å²) in [6.45, 7) is 1.81. The topological polar surface area (TPSA) is 101 Å². The molecule has 1 N–H and O–H groups in total. The third-order valence-corrected chi connectivity index (χ3v) is 6.82. The second-order valence-electron chi connectivity index (χ2n) is 9.11. The molecular weight excluding hydrogens is 482 g/mol. The molecule has 0 saturated heterocycles. The molecule has 38 heavy (non-hydrogen) atoms. The number of methoxy groups -OCH3 is 1. The number of rotatable bonds is 5. The Balaban J connectivity index is 1.44. The van der Waals surface area contributed by atoms with Gasteiger partial charge < -0.3 is 14.1 Å². The van der Waals surface area contributed by atoms with Crippen LogP contribution in [0.4, 0.5) is 5.69 Å². The summed E-state index contributed by atoms with van der Waals surface area (Å²) in [6.07, 6.45) is 2.07. The monoisotopic (exact) mass is 509 g/mol. The van der Waals surface area contributed by atoms with Gasteiger partial charge in [0.25, 0.3) is 11.8 Å². The van der Waals surface area contributed by atoms with Crippen molar-refractivity contribution in [2.75, 3.05) is 19.1 Å². The fourth-order valence-corrected chi connectivity index (χ4v) is 4.90. The molecule has 1 heterocycles. The second-order valence-corrected chi connectivity index (χ2v) is 9.11. The molecule has 4 aromatic rings. The summed E-state index contributed by atoms with van der Waals surface area (Å²) in [6, 6.07) is 20.0. The molecule has 5 rings (SSSR count). The molecule has 192 valence electrons. The van der Waals surface area contributed by atoms with Gasteiger partial charge in [0.1, 0.15) is 5.76 Å². The van der Waals surface area contributed by atoms with Crippen molar-refractivity contribution in [1.82, 2.24) is 5.43 Å². The predicted octanol–water partition coefficient (Wildman–Crippen LogP) is 5.27. The Hall–Kier alpha value is -4.72. The van der Waals surface area contributed by atoms with Crippen LogP contribution >= 0.6 is 0 Å². The zero-order chi connectivity index (χ0) is 26.8. The normalized spacial score (nSPS) is 13.7. The van der Waals surface area contributed by atoms with E-state index in [-0.39, 0.29) is 17.2 Å². The van der Waals surface area contributed by atoms with E-state index in [0.717, 1.165) is 22.8 Å². The van der Waals surface area contributed by atoms with E-state index in [1.54, 1.807) is 37.4 Å². The summed E-state index contributed by atoms with van der Waals surface area (Å²) in [5.41, 5.74) is 5.98. The fourth-order valence-electron chi connectivity index (χ4n) is 4.90. The molecule has 8 heteroatoms. The number of furan rings is 1. The largest absolute Gasteiger partial charge is 0.465 e. The molecule has 0 spiro atoms. The number of hydrogen-bond acceptors (Lipinski definition) is 6. The van der Waals surface area contributed by atoms with Crippen molar-refractivity contribution in [3.8, 4) is 0 Å². The van der Waals surface area contributed by atoms with Crippen LogP contribution in [-0.4, -0.2) is 37.7 Å². The molecule has 0 fully saturated rings. The molecule has 1 aliphatic rings. The van der Waals surface area contributed by atoms with E-state index in [1.165, 1.54) is 12.0 Å². The summed E-state index contributed by atoms with van der Waals surface area (Å²) < 4.78 is 10.9. The minimum absolute atomic E-state index is 0.173. The number of hydrogen-bond donors (Lipinski definition) is 1. The Kier molecular flexibility index (Phi) is 6.79. The Labute approximate surface area is 219 Å². The number of para-hydroxylation sites is 1. The van der Waals surface area contributed by atoms with Gasteiger partial charge in [-0.2, -0.15) is 5.10 Å². The zero-order valence-electron chi connectivity index (χ0n) is 21.4. The van der Waals surface area contributed by atoms with E-state index in [0.29, 0.717) is 41.1 Å². The van der Waals surface area contributed by atoms with E-state index >= 15 is 0 Å². The second kappa shape index (κ2) is 10.3. The Morgan fingerprint density at radius 1 is 0.947 bits per heavy atom. The number of nitrogens with one attached hydrogen (secondary N) is 1. The number of nitrogens with zero attached hydrogens (tertiary/aromatic N) is 2. The third-order valence-electron chi connectivity index (χ3n) is 6.82.